The molecule has 0 aliphatic carbocycles. The first kappa shape index (κ1) is 16.6. The SMILES string of the molecule is CCCCC(=O)Nc1ccc(C(=O)NC(C)c2nn[nH]n2)cc1. The number of carbonyl (C=O) groups excluding carboxylic acids is 2. The van der Waals surface area contributed by atoms with Crippen LogP contribution in [0.4, 0.5) is 5.69 Å². The van der Waals surface area contributed by atoms with Gasteiger partial charge in [0.15, 0.2) is 5.82 Å². The standard InChI is InChI=1S/C15H20N6O2/c1-3-4-5-13(22)17-12-8-6-11(7-9-12)15(23)16-10(2)14-18-20-21-19-14/h6-10H,3-5H2,1-2H3,(H,16,23)(H,17,22)(H,18,19,20,21). The van der Waals surface area contributed by atoms with Gasteiger partial charge in [-0.1, -0.05) is 18.6 Å². The molecule has 1 unspecified atom stereocenters. The molecule has 1 aromatic heterocycles. The lowest BCUT2D eigenvalue weighted by atomic mass is 10.1. The molecule has 8 heteroatoms. The van der Waals surface area contributed by atoms with Gasteiger partial charge in [-0.3, -0.25) is 9.59 Å². The van der Waals surface area contributed by atoms with E-state index < -0.39 is 0 Å². The lowest BCUT2D eigenvalue weighted by molar-refractivity contribution is -0.116. The molecule has 1 atom stereocenters. The zero-order valence-corrected chi connectivity index (χ0v) is 13.2. The number of anilines is 1. The Labute approximate surface area is 134 Å². The molecule has 23 heavy (non-hydrogen) atoms. The molecule has 2 amide bonds. The van der Waals surface area contributed by atoms with Crippen LogP contribution in [0.15, 0.2) is 24.3 Å². The number of rotatable bonds is 7. The number of hydrogen-bond acceptors (Lipinski definition) is 5. The van der Waals surface area contributed by atoms with E-state index >= 15 is 0 Å². The van der Waals surface area contributed by atoms with Crippen LogP contribution in [-0.4, -0.2) is 32.4 Å². The molecule has 2 rings (SSSR count). The van der Waals surface area contributed by atoms with E-state index in [1.165, 1.54) is 0 Å². The van der Waals surface area contributed by atoms with Crippen molar-refractivity contribution in [1.82, 2.24) is 25.9 Å². The molecular weight excluding hydrogens is 296 g/mol. The molecule has 1 heterocycles. The Kier molecular flexibility index (Phi) is 5.79. The van der Waals surface area contributed by atoms with Crippen LogP contribution in [-0.2, 0) is 4.79 Å². The van der Waals surface area contributed by atoms with Crippen LogP contribution in [0.3, 0.4) is 0 Å². The van der Waals surface area contributed by atoms with E-state index in [-0.39, 0.29) is 17.9 Å². The second-order valence-electron chi connectivity index (χ2n) is 5.19. The zero-order valence-electron chi connectivity index (χ0n) is 13.2. The molecule has 0 spiro atoms. The van der Waals surface area contributed by atoms with Crippen molar-refractivity contribution in [2.75, 3.05) is 5.32 Å². The minimum Gasteiger partial charge on any atom is -0.342 e. The van der Waals surface area contributed by atoms with Crippen LogP contribution in [0.25, 0.3) is 0 Å². The maximum Gasteiger partial charge on any atom is 0.251 e. The Morgan fingerprint density at radius 2 is 2.00 bits per heavy atom. The van der Waals surface area contributed by atoms with Gasteiger partial charge in [0.25, 0.3) is 5.91 Å². The number of carbonyl (C=O) groups is 2. The first-order valence-electron chi connectivity index (χ1n) is 7.54. The maximum absolute atomic E-state index is 12.1. The molecule has 3 N–H and O–H groups in total. The summed E-state index contributed by atoms with van der Waals surface area (Å²) in [6.45, 7) is 3.81. The lowest BCUT2D eigenvalue weighted by Gasteiger charge is -2.10. The highest BCUT2D eigenvalue weighted by Gasteiger charge is 2.14. The highest BCUT2D eigenvalue weighted by atomic mass is 16.2. The molecule has 122 valence electrons. The third-order valence-electron chi connectivity index (χ3n) is 3.28. The summed E-state index contributed by atoms with van der Waals surface area (Å²) in [5.74, 6) is 0.152. The van der Waals surface area contributed by atoms with Crippen molar-refractivity contribution in [3.63, 3.8) is 0 Å². The molecule has 0 bridgehead atoms. The van der Waals surface area contributed by atoms with Gasteiger partial charge >= 0.3 is 0 Å². The highest BCUT2D eigenvalue weighted by molar-refractivity contribution is 5.95. The number of tetrazole rings is 1. The molecule has 0 aliphatic heterocycles. The Balaban J connectivity index is 1.91. The van der Waals surface area contributed by atoms with Gasteiger partial charge in [0.05, 0.1) is 6.04 Å². The van der Waals surface area contributed by atoms with Crippen LogP contribution in [0, 0.1) is 0 Å². The predicted molar refractivity (Wildman–Crippen MR) is 84.7 cm³/mol. The summed E-state index contributed by atoms with van der Waals surface area (Å²) in [6, 6.07) is 6.38. The Morgan fingerprint density at radius 1 is 1.26 bits per heavy atom. The number of hydrogen-bond donors (Lipinski definition) is 3. The van der Waals surface area contributed by atoms with Crippen molar-refractivity contribution in [2.45, 2.75) is 39.2 Å². The van der Waals surface area contributed by atoms with Crippen molar-refractivity contribution in [1.29, 1.82) is 0 Å². The molecule has 1 aromatic carbocycles. The van der Waals surface area contributed by atoms with Gasteiger partial charge < -0.3 is 10.6 Å². The molecule has 0 saturated carbocycles. The summed E-state index contributed by atoms with van der Waals surface area (Å²) in [7, 11) is 0. The summed E-state index contributed by atoms with van der Waals surface area (Å²) < 4.78 is 0. The average Bonchev–Trinajstić information content (AvgIpc) is 3.08. The van der Waals surface area contributed by atoms with E-state index in [1.54, 1.807) is 31.2 Å². The lowest BCUT2D eigenvalue weighted by Crippen LogP contribution is -2.27. The molecule has 2 aromatic rings. The van der Waals surface area contributed by atoms with E-state index in [4.69, 9.17) is 0 Å². The Morgan fingerprint density at radius 3 is 2.61 bits per heavy atom. The molecule has 0 saturated heterocycles. The first-order valence-corrected chi connectivity index (χ1v) is 7.54. The molecule has 0 fully saturated rings. The fourth-order valence-electron chi connectivity index (χ4n) is 1.96. The molecule has 8 nitrogen and oxygen atoms in total. The summed E-state index contributed by atoms with van der Waals surface area (Å²) in [6.07, 6.45) is 2.34. The van der Waals surface area contributed by atoms with Crippen LogP contribution in [0.1, 0.15) is 55.3 Å². The van der Waals surface area contributed by atoms with Crippen LogP contribution in [0.5, 0.6) is 0 Å². The van der Waals surface area contributed by atoms with E-state index in [9.17, 15) is 9.59 Å². The van der Waals surface area contributed by atoms with Gasteiger partial charge in [0, 0.05) is 17.7 Å². The van der Waals surface area contributed by atoms with E-state index in [1.807, 2.05) is 6.92 Å². The number of amides is 2. The van der Waals surface area contributed by atoms with Crippen LogP contribution < -0.4 is 10.6 Å². The number of aromatic nitrogens is 4. The van der Waals surface area contributed by atoms with Crippen molar-refractivity contribution in [3.8, 4) is 0 Å². The van der Waals surface area contributed by atoms with Gasteiger partial charge in [-0.25, -0.2) is 0 Å². The third kappa shape index (κ3) is 4.87. The van der Waals surface area contributed by atoms with Crippen molar-refractivity contribution < 1.29 is 9.59 Å². The fourth-order valence-corrected chi connectivity index (χ4v) is 1.96. The summed E-state index contributed by atoms with van der Waals surface area (Å²) in [4.78, 5) is 23.8. The third-order valence-corrected chi connectivity index (χ3v) is 3.28. The maximum atomic E-state index is 12.1. The summed E-state index contributed by atoms with van der Waals surface area (Å²) in [5.41, 5.74) is 1.17. The number of aromatic amines is 1. The largest absolute Gasteiger partial charge is 0.342 e. The predicted octanol–water partition coefficient (Wildman–Crippen LogP) is 1.82. The number of H-pyrrole nitrogens is 1. The summed E-state index contributed by atoms with van der Waals surface area (Å²) in [5, 5.41) is 19.0. The number of benzene rings is 1. The fraction of sp³-hybridized carbons (Fsp3) is 0.400. The van der Waals surface area contributed by atoms with Gasteiger partial charge in [-0.15, -0.1) is 10.2 Å². The van der Waals surface area contributed by atoms with E-state index in [0.717, 1.165) is 12.8 Å². The van der Waals surface area contributed by atoms with Crippen molar-refractivity contribution >= 4 is 17.5 Å². The minimum atomic E-state index is -0.352. The van der Waals surface area contributed by atoms with Gasteiger partial charge in [0.2, 0.25) is 5.91 Å². The minimum absolute atomic E-state index is 0.0187. The van der Waals surface area contributed by atoms with Crippen LogP contribution >= 0.6 is 0 Å². The molecule has 0 aliphatic rings. The highest BCUT2D eigenvalue weighted by Crippen LogP contribution is 2.12. The normalized spacial score (nSPS) is 11.7. The Bertz CT molecular complexity index is 638. The monoisotopic (exact) mass is 316 g/mol. The second kappa shape index (κ2) is 8.02. The smallest absolute Gasteiger partial charge is 0.251 e. The van der Waals surface area contributed by atoms with E-state index in [2.05, 4.69) is 31.3 Å². The van der Waals surface area contributed by atoms with E-state index in [0.29, 0.717) is 23.5 Å². The van der Waals surface area contributed by atoms with Crippen LogP contribution in [0.2, 0.25) is 0 Å². The molecule has 0 radical (unpaired) electrons. The van der Waals surface area contributed by atoms with Gasteiger partial charge in [-0.05, 0) is 37.6 Å². The second-order valence-corrected chi connectivity index (χ2v) is 5.19. The topological polar surface area (TPSA) is 113 Å². The first-order chi connectivity index (χ1) is 11.1. The quantitative estimate of drug-likeness (QED) is 0.721. The zero-order chi connectivity index (χ0) is 16.7. The summed E-state index contributed by atoms with van der Waals surface area (Å²) >= 11 is 0. The van der Waals surface area contributed by atoms with Crippen molar-refractivity contribution in [2.24, 2.45) is 0 Å². The number of unbranched alkanes of at least 4 members (excludes halogenated alkanes) is 1. The van der Waals surface area contributed by atoms with Gasteiger partial charge in [0.1, 0.15) is 0 Å². The van der Waals surface area contributed by atoms with Gasteiger partial charge in [-0.2, -0.15) is 5.21 Å². The number of nitrogens with one attached hydrogen (secondary N) is 3. The molecular formula is C15H20N6O2. The van der Waals surface area contributed by atoms with Crippen molar-refractivity contribution in [3.05, 3.63) is 35.7 Å². The number of nitrogens with zero attached hydrogens (tertiary/aromatic N) is 3. The average molecular weight is 316 g/mol. The Hall–Kier alpha value is -2.77.